The van der Waals surface area contributed by atoms with Gasteiger partial charge in [0.05, 0.1) is 0 Å². The van der Waals surface area contributed by atoms with Crippen molar-refractivity contribution in [1.82, 2.24) is 10.9 Å². The van der Waals surface area contributed by atoms with Gasteiger partial charge in [0, 0.05) is 22.6 Å². The van der Waals surface area contributed by atoms with Crippen LogP contribution >= 0.6 is 11.8 Å². The van der Waals surface area contributed by atoms with Crippen LogP contribution in [-0.2, 0) is 4.79 Å². The Bertz CT molecular complexity index is 632. The quantitative estimate of drug-likeness (QED) is 0.658. The molecule has 0 aliphatic carbocycles. The molecule has 4 nitrogen and oxygen atoms in total. The van der Waals surface area contributed by atoms with E-state index in [9.17, 15) is 14.0 Å². The van der Waals surface area contributed by atoms with Gasteiger partial charge in [-0.05, 0) is 36.4 Å². The first kappa shape index (κ1) is 16.0. The summed E-state index contributed by atoms with van der Waals surface area (Å²) in [6.07, 6.45) is 0.281. The summed E-state index contributed by atoms with van der Waals surface area (Å²) < 4.78 is 12.7. The lowest BCUT2D eigenvalue weighted by atomic mass is 10.2. The average molecular weight is 318 g/mol. The third-order valence-electron chi connectivity index (χ3n) is 2.76. The highest BCUT2D eigenvalue weighted by Gasteiger charge is 2.07. The van der Waals surface area contributed by atoms with Crippen molar-refractivity contribution in [2.24, 2.45) is 0 Å². The first-order valence-electron chi connectivity index (χ1n) is 6.68. The Balaban J connectivity index is 1.69. The SMILES string of the molecule is O=C(CCSc1ccccc1)NNC(=O)c1ccc(F)cc1. The molecule has 0 aliphatic rings. The van der Waals surface area contributed by atoms with Gasteiger partial charge in [-0.15, -0.1) is 11.8 Å². The van der Waals surface area contributed by atoms with E-state index in [1.807, 2.05) is 30.3 Å². The zero-order valence-corrected chi connectivity index (χ0v) is 12.5. The van der Waals surface area contributed by atoms with Crippen LogP contribution in [0.25, 0.3) is 0 Å². The lowest BCUT2D eigenvalue weighted by Gasteiger charge is -2.07. The van der Waals surface area contributed by atoms with E-state index in [1.54, 1.807) is 11.8 Å². The lowest BCUT2D eigenvalue weighted by molar-refractivity contribution is -0.121. The minimum atomic E-state index is -0.482. The Morgan fingerprint density at radius 1 is 0.955 bits per heavy atom. The lowest BCUT2D eigenvalue weighted by Crippen LogP contribution is -2.41. The molecule has 114 valence electrons. The van der Waals surface area contributed by atoms with Crippen molar-refractivity contribution in [2.45, 2.75) is 11.3 Å². The van der Waals surface area contributed by atoms with E-state index >= 15 is 0 Å². The second-order valence-electron chi connectivity index (χ2n) is 4.42. The van der Waals surface area contributed by atoms with Gasteiger partial charge in [0.25, 0.3) is 5.91 Å². The summed E-state index contributed by atoms with van der Waals surface area (Å²) in [6, 6.07) is 14.8. The van der Waals surface area contributed by atoms with Crippen LogP contribution in [0.15, 0.2) is 59.5 Å². The molecule has 0 saturated carbocycles. The van der Waals surface area contributed by atoms with E-state index in [0.29, 0.717) is 5.75 Å². The predicted molar refractivity (Wildman–Crippen MR) is 83.8 cm³/mol. The Kier molecular flexibility index (Phi) is 5.97. The largest absolute Gasteiger partial charge is 0.273 e. The fourth-order valence-corrected chi connectivity index (χ4v) is 2.51. The smallest absolute Gasteiger partial charge is 0.269 e. The summed E-state index contributed by atoms with van der Waals surface area (Å²) in [5, 5.41) is 0. The summed E-state index contributed by atoms with van der Waals surface area (Å²) >= 11 is 1.57. The molecule has 2 aromatic carbocycles. The molecule has 0 heterocycles. The molecule has 0 atom stereocenters. The van der Waals surface area contributed by atoms with Gasteiger partial charge in [-0.3, -0.25) is 20.4 Å². The molecule has 2 amide bonds. The first-order chi connectivity index (χ1) is 10.6. The van der Waals surface area contributed by atoms with Crippen molar-refractivity contribution >= 4 is 23.6 Å². The Morgan fingerprint density at radius 3 is 2.32 bits per heavy atom. The van der Waals surface area contributed by atoms with Crippen LogP contribution in [0.2, 0.25) is 0 Å². The highest BCUT2D eigenvalue weighted by Crippen LogP contribution is 2.17. The number of hydrogen-bond acceptors (Lipinski definition) is 3. The highest BCUT2D eigenvalue weighted by molar-refractivity contribution is 7.99. The fraction of sp³-hybridized carbons (Fsp3) is 0.125. The number of halogens is 1. The molecule has 2 rings (SSSR count). The van der Waals surface area contributed by atoms with Crippen LogP contribution in [0.5, 0.6) is 0 Å². The molecule has 0 bridgehead atoms. The van der Waals surface area contributed by atoms with Crippen molar-refractivity contribution in [3.05, 3.63) is 66.0 Å². The standard InChI is InChI=1S/C16H15FN2O2S/c17-13-8-6-12(7-9-13)16(21)19-18-15(20)10-11-22-14-4-2-1-3-5-14/h1-9H,10-11H2,(H,18,20)(H,19,21). The monoisotopic (exact) mass is 318 g/mol. The second kappa shape index (κ2) is 8.19. The van der Waals surface area contributed by atoms with Gasteiger partial charge >= 0.3 is 0 Å². The zero-order chi connectivity index (χ0) is 15.8. The number of amides is 2. The fourth-order valence-electron chi connectivity index (χ4n) is 1.64. The summed E-state index contributed by atoms with van der Waals surface area (Å²) in [7, 11) is 0. The third-order valence-corrected chi connectivity index (χ3v) is 3.78. The van der Waals surface area contributed by atoms with Gasteiger partial charge in [-0.25, -0.2) is 4.39 Å². The van der Waals surface area contributed by atoms with E-state index in [4.69, 9.17) is 0 Å². The van der Waals surface area contributed by atoms with Gasteiger partial charge < -0.3 is 0 Å². The highest BCUT2D eigenvalue weighted by atomic mass is 32.2. The second-order valence-corrected chi connectivity index (χ2v) is 5.59. The molecular formula is C16H15FN2O2S. The van der Waals surface area contributed by atoms with Crippen LogP contribution in [0.1, 0.15) is 16.8 Å². The van der Waals surface area contributed by atoms with Gasteiger partial charge in [-0.1, -0.05) is 18.2 Å². The number of carbonyl (C=O) groups excluding carboxylic acids is 2. The zero-order valence-electron chi connectivity index (χ0n) is 11.7. The number of nitrogens with one attached hydrogen (secondary N) is 2. The van der Waals surface area contributed by atoms with E-state index in [2.05, 4.69) is 10.9 Å². The van der Waals surface area contributed by atoms with Gasteiger partial charge in [0.15, 0.2) is 0 Å². The maximum Gasteiger partial charge on any atom is 0.269 e. The van der Waals surface area contributed by atoms with E-state index in [0.717, 1.165) is 4.90 Å². The minimum Gasteiger partial charge on any atom is -0.273 e. The Hall–Kier alpha value is -2.34. The molecule has 6 heteroatoms. The number of rotatable bonds is 5. The van der Waals surface area contributed by atoms with E-state index < -0.39 is 11.7 Å². The van der Waals surface area contributed by atoms with Crippen LogP contribution < -0.4 is 10.9 Å². The van der Waals surface area contributed by atoms with Crippen molar-refractivity contribution in [3.8, 4) is 0 Å². The number of hydrogen-bond donors (Lipinski definition) is 2. The van der Waals surface area contributed by atoms with E-state index in [1.165, 1.54) is 24.3 Å². The normalized spacial score (nSPS) is 10.0. The summed E-state index contributed by atoms with van der Waals surface area (Å²) in [5.74, 6) is -0.566. The summed E-state index contributed by atoms with van der Waals surface area (Å²) in [6.45, 7) is 0. The average Bonchev–Trinajstić information content (AvgIpc) is 2.54. The molecule has 0 saturated heterocycles. The number of carbonyl (C=O) groups is 2. The molecule has 0 unspecified atom stereocenters. The van der Waals surface area contributed by atoms with Crippen LogP contribution in [-0.4, -0.2) is 17.6 Å². The topological polar surface area (TPSA) is 58.2 Å². The van der Waals surface area contributed by atoms with Crippen molar-refractivity contribution in [1.29, 1.82) is 0 Å². The molecule has 0 fully saturated rings. The van der Waals surface area contributed by atoms with Crippen LogP contribution in [0.3, 0.4) is 0 Å². The molecule has 0 spiro atoms. The van der Waals surface area contributed by atoms with Gasteiger partial charge in [-0.2, -0.15) is 0 Å². The maximum atomic E-state index is 12.7. The van der Waals surface area contributed by atoms with Crippen LogP contribution in [0, 0.1) is 5.82 Å². The van der Waals surface area contributed by atoms with E-state index in [-0.39, 0.29) is 17.9 Å². The molecule has 0 radical (unpaired) electrons. The Labute approximate surface area is 132 Å². The summed E-state index contributed by atoms with van der Waals surface area (Å²) in [5.41, 5.74) is 4.91. The minimum absolute atomic E-state index is 0.278. The maximum absolute atomic E-state index is 12.7. The predicted octanol–water partition coefficient (Wildman–Crippen LogP) is 2.77. The molecule has 0 aliphatic heterocycles. The molecule has 0 aromatic heterocycles. The number of hydrazine groups is 1. The molecular weight excluding hydrogens is 303 g/mol. The number of benzene rings is 2. The van der Waals surface area contributed by atoms with Crippen molar-refractivity contribution in [2.75, 3.05) is 5.75 Å². The van der Waals surface area contributed by atoms with Crippen molar-refractivity contribution < 1.29 is 14.0 Å². The van der Waals surface area contributed by atoms with Gasteiger partial charge in [0.1, 0.15) is 5.82 Å². The van der Waals surface area contributed by atoms with Gasteiger partial charge in [0.2, 0.25) is 5.91 Å². The van der Waals surface area contributed by atoms with Crippen LogP contribution in [0.4, 0.5) is 4.39 Å². The summed E-state index contributed by atoms with van der Waals surface area (Å²) in [4.78, 5) is 24.4. The molecule has 22 heavy (non-hydrogen) atoms. The molecule has 2 aromatic rings. The third kappa shape index (κ3) is 5.21. The Morgan fingerprint density at radius 2 is 1.64 bits per heavy atom. The first-order valence-corrected chi connectivity index (χ1v) is 7.66. The molecule has 2 N–H and O–H groups in total. The van der Waals surface area contributed by atoms with Crippen molar-refractivity contribution in [3.63, 3.8) is 0 Å². The number of thioether (sulfide) groups is 1.